The van der Waals surface area contributed by atoms with Gasteiger partial charge in [-0.25, -0.2) is 4.79 Å². The first-order valence-corrected chi connectivity index (χ1v) is 9.21. The van der Waals surface area contributed by atoms with Crippen molar-refractivity contribution in [3.05, 3.63) is 53.9 Å². The first kappa shape index (κ1) is 21.3. The summed E-state index contributed by atoms with van der Waals surface area (Å²) in [5.74, 6) is -1.05. The molecule has 0 bridgehead atoms. The number of imide groups is 1. The minimum Gasteiger partial charge on any atom is -0.349 e. The summed E-state index contributed by atoms with van der Waals surface area (Å²) in [7, 11) is 0. The van der Waals surface area contributed by atoms with E-state index in [9.17, 15) is 27.6 Å². The Kier molecular flexibility index (Phi) is 5.77. The fraction of sp³-hybridized carbons (Fsp3) is 0.300. The SMILES string of the molecule is CCCC1(CNC(=O)c2ccccc2-c2ccc(C(F)(F)F)nc2)NC(=O)NC1=O. The van der Waals surface area contributed by atoms with E-state index in [1.54, 1.807) is 18.2 Å². The van der Waals surface area contributed by atoms with E-state index in [1.165, 1.54) is 12.1 Å². The second-order valence-electron chi connectivity index (χ2n) is 6.90. The molecule has 4 amide bonds. The summed E-state index contributed by atoms with van der Waals surface area (Å²) in [4.78, 5) is 40.0. The molecule has 0 saturated carbocycles. The Labute approximate surface area is 170 Å². The summed E-state index contributed by atoms with van der Waals surface area (Å²) in [6.07, 6.45) is -2.58. The molecule has 1 aromatic carbocycles. The summed E-state index contributed by atoms with van der Waals surface area (Å²) in [5, 5.41) is 7.38. The highest BCUT2D eigenvalue weighted by atomic mass is 19.4. The molecule has 10 heteroatoms. The topological polar surface area (TPSA) is 100 Å². The van der Waals surface area contributed by atoms with Gasteiger partial charge in [-0.2, -0.15) is 13.2 Å². The summed E-state index contributed by atoms with van der Waals surface area (Å²) in [6.45, 7) is 1.71. The van der Waals surface area contributed by atoms with Crippen molar-refractivity contribution in [1.29, 1.82) is 0 Å². The number of nitrogens with one attached hydrogen (secondary N) is 3. The highest BCUT2D eigenvalue weighted by Crippen LogP contribution is 2.30. The number of nitrogens with zero attached hydrogens (tertiary/aromatic N) is 1. The Bertz CT molecular complexity index is 976. The molecule has 1 saturated heterocycles. The molecule has 1 aliphatic rings. The predicted molar refractivity (Wildman–Crippen MR) is 101 cm³/mol. The van der Waals surface area contributed by atoms with Gasteiger partial charge in [-0.3, -0.25) is 19.9 Å². The van der Waals surface area contributed by atoms with Crippen LogP contribution in [0.25, 0.3) is 11.1 Å². The van der Waals surface area contributed by atoms with Crippen LogP contribution in [0.4, 0.5) is 18.0 Å². The minimum absolute atomic E-state index is 0.128. The Morgan fingerprint density at radius 3 is 2.47 bits per heavy atom. The first-order valence-electron chi connectivity index (χ1n) is 9.21. The maximum absolute atomic E-state index is 12.8. The van der Waals surface area contributed by atoms with Crippen LogP contribution in [0.2, 0.25) is 0 Å². The molecule has 1 fully saturated rings. The van der Waals surface area contributed by atoms with Gasteiger partial charge >= 0.3 is 12.2 Å². The van der Waals surface area contributed by atoms with Crippen molar-refractivity contribution in [3.8, 4) is 11.1 Å². The predicted octanol–water partition coefficient (Wildman–Crippen LogP) is 2.88. The molecule has 1 atom stereocenters. The summed E-state index contributed by atoms with van der Waals surface area (Å²) >= 11 is 0. The second-order valence-corrected chi connectivity index (χ2v) is 6.90. The van der Waals surface area contributed by atoms with Crippen molar-refractivity contribution in [2.24, 2.45) is 0 Å². The molecule has 1 unspecified atom stereocenters. The summed E-state index contributed by atoms with van der Waals surface area (Å²) < 4.78 is 38.2. The van der Waals surface area contributed by atoms with Crippen LogP contribution in [-0.2, 0) is 11.0 Å². The fourth-order valence-electron chi connectivity index (χ4n) is 3.32. The number of hydrogen-bond donors (Lipinski definition) is 3. The summed E-state index contributed by atoms with van der Waals surface area (Å²) in [5.41, 5.74) is -1.34. The largest absolute Gasteiger partial charge is 0.433 e. The molecule has 1 aliphatic heterocycles. The lowest BCUT2D eigenvalue weighted by Crippen LogP contribution is -2.55. The lowest BCUT2D eigenvalue weighted by Gasteiger charge is -2.26. The number of rotatable bonds is 6. The number of carbonyl (C=O) groups is 3. The van der Waals surface area contributed by atoms with Gasteiger partial charge in [0.05, 0.1) is 6.54 Å². The number of hydrogen-bond acceptors (Lipinski definition) is 4. The maximum Gasteiger partial charge on any atom is 0.433 e. The van der Waals surface area contributed by atoms with Crippen LogP contribution in [0.5, 0.6) is 0 Å². The molecule has 3 N–H and O–H groups in total. The van der Waals surface area contributed by atoms with E-state index in [0.717, 1.165) is 12.3 Å². The quantitative estimate of drug-likeness (QED) is 0.626. The van der Waals surface area contributed by atoms with E-state index in [2.05, 4.69) is 20.9 Å². The zero-order valence-corrected chi connectivity index (χ0v) is 16.0. The van der Waals surface area contributed by atoms with Crippen molar-refractivity contribution in [3.63, 3.8) is 0 Å². The van der Waals surface area contributed by atoms with Crippen LogP contribution < -0.4 is 16.0 Å². The number of benzene rings is 1. The van der Waals surface area contributed by atoms with Gasteiger partial charge in [0, 0.05) is 17.3 Å². The molecule has 0 aliphatic carbocycles. The van der Waals surface area contributed by atoms with Crippen molar-refractivity contribution < 1.29 is 27.6 Å². The van der Waals surface area contributed by atoms with Crippen LogP contribution >= 0.6 is 0 Å². The number of pyridine rings is 1. The zero-order valence-electron chi connectivity index (χ0n) is 16.0. The zero-order chi connectivity index (χ0) is 21.9. The third-order valence-electron chi connectivity index (χ3n) is 4.78. The third kappa shape index (κ3) is 4.27. The van der Waals surface area contributed by atoms with Crippen LogP contribution in [0.15, 0.2) is 42.6 Å². The van der Waals surface area contributed by atoms with Gasteiger partial charge in [0.25, 0.3) is 11.8 Å². The van der Waals surface area contributed by atoms with E-state index < -0.39 is 35.3 Å². The Morgan fingerprint density at radius 1 is 1.17 bits per heavy atom. The van der Waals surface area contributed by atoms with E-state index in [4.69, 9.17) is 0 Å². The van der Waals surface area contributed by atoms with E-state index in [1.807, 2.05) is 6.92 Å². The standard InChI is InChI=1S/C20H19F3N4O3/c1-2-9-19(17(29)26-18(30)27-19)11-25-16(28)14-6-4-3-5-13(14)12-7-8-15(24-10-12)20(21,22)23/h3-8,10H,2,9,11H2,1H3,(H,25,28)(H2,26,27,29,30). The smallest absolute Gasteiger partial charge is 0.349 e. The van der Waals surface area contributed by atoms with Gasteiger partial charge in [0.1, 0.15) is 11.2 Å². The van der Waals surface area contributed by atoms with E-state index in [-0.39, 0.29) is 12.1 Å². The Hall–Kier alpha value is -3.43. The maximum atomic E-state index is 12.8. The first-order chi connectivity index (χ1) is 14.2. The number of aromatic nitrogens is 1. The van der Waals surface area contributed by atoms with E-state index >= 15 is 0 Å². The lowest BCUT2D eigenvalue weighted by atomic mass is 9.93. The van der Waals surface area contributed by atoms with Crippen LogP contribution in [-0.4, -0.2) is 34.9 Å². The van der Waals surface area contributed by atoms with Crippen LogP contribution in [0.3, 0.4) is 0 Å². The molecule has 0 radical (unpaired) electrons. The Morgan fingerprint density at radius 2 is 1.90 bits per heavy atom. The number of alkyl halides is 3. The third-order valence-corrected chi connectivity index (χ3v) is 4.78. The van der Waals surface area contributed by atoms with Crippen molar-refractivity contribution in [2.45, 2.75) is 31.5 Å². The fourth-order valence-corrected chi connectivity index (χ4v) is 3.32. The highest BCUT2D eigenvalue weighted by Gasteiger charge is 2.45. The lowest BCUT2D eigenvalue weighted by molar-refractivity contribution is -0.141. The average Bonchev–Trinajstić information content (AvgIpc) is 2.99. The van der Waals surface area contributed by atoms with Gasteiger partial charge in [-0.15, -0.1) is 0 Å². The van der Waals surface area contributed by atoms with E-state index in [0.29, 0.717) is 24.0 Å². The number of amides is 4. The van der Waals surface area contributed by atoms with Gasteiger partial charge in [-0.05, 0) is 24.1 Å². The van der Waals surface area contributed by atoms with Crippen molar-refractivity contribution in [2.75, 3.05) is 6.54 Å². The molecule has 1 aromatic heterocycles. The molecule has 30 heavy (non-hydrogen) atoms. The van der Waals surface area contributed by atoms with Gasteiger partial charge in [0.2, 0.25) is 0 Å². The van der Waals surface area contributed by atoms with Crippen LogP contribution in [0.1, 0.15) is 35.8 Å². The molecule has 7 nitrogen and oxygen atoms in total. The molecule has 158 valence electrons. The minimum atomic E-state index is -4.56. The van der Waals surface area contributed by atoms with Crippen molar-refractivity contribution in [1.82, 2.24) is 20.9 Å². The molecule has 2 aromatic rings. The number of urea groups is 1. The van der Waals surface area contributed by atoms with Gasteiger partial charge in [-0.1, -0.05) is 37.6 Å². The number of halogens is 3. The van der Waals surface area contributed by atoms with Crippen LogP contribution in [0, 0.1) is 0 Å². The van der Waals surface area contributed by atoms with Crippen molar-refractivity contribution >= 4 is 17.8 Å². The monoisotopic (exact) mass is 420 g/mol. The Balaban J connectivity index is 1.82. The average molecular weight is 420 g/mol. The normalized spacial score (nSPS) is 18.7. The molecular weight excluding hydrogens is 401 g/mol. The van der Waals surface area contributed by atoms with Gasteiger partial charge < -0.3 is 10.6 Å². The molecule has 0 spiro atoms. The number of carbonyl (C=O) groups excluding carboxylic acids is 3. The molecule has 3 rings (SSSR count). The molecular formula is C20H19F3N4O3. The molecule has 2 heterocycles. The summed E-state index contributed by atoms with van der Waals surface area (Å²) in [6, 6.07) is 7.82. The second kappa shape index (κ2) is 8.13. The van der Waals surface area contributed by atoms with Gasteiger partial charge in [0.15, 0.2) is 0 Å². The highest BCUT2D eigenvalue weighted by molar-refractivity contribution is 6.08.